The molecule has 1 N–H and O–H groups in total. The van der Waals surface area contributed by atoms with E-state index in [0.717, 1.165) is 4.90 Å². The lowest BCUT2D eigenvalue weighted by atomic mass is 10.1. The fourth-order valence-corrected chi connectivity index (χ4v) is 1.44. The molecule has 0 aromatic rings. The number of nitrogens with zero attached hydrogens (tertiary/aromatic N) is 1. The quantitative estimate of drug-likeness (QED) is 0.736. The average Bonchev–Trinajstić information content (AvgIpc) is 2.29. The fraction of sp³-hybridized carbons (Fsp3) is 0.875. The summed E-state index contributed by atoms with van der Waals surface area (Å²) in [5.74, 6) is -0.446. The van der Waals surface area contributed by atoms with Crippen molar-refractivity contribution in [2.75, 3.05) is 13.2 Å². The molecule has 1 fully saturated rings. The summed E-state index contributed by atoms with van der Waals surface area (Å²) in [6, 6.07) is -0.475. The van der Waals surface area contributed by atoms with E-state index < -0.39 is 24.7 Å². The maximum atomic E-state index is 12.0. The van der Waals surface area contributed by atoms with Crippen LogP contribution in [0, 0.1) is 5.92 Å². The standard InChI is InChI=1S/C8H13F3N2O/c1-5(2)6-7(14)13(4-12-6)3-8(9,10)11/h5-6,12H,3-4H2,1-2H3. The Morgan fingerprint density at radius 3 is 2.50 bits per heavy atom. The van der Waals surface area contributed by atoms with Gasteiger partial charge in [0.15, 0.2) is 0 Å². The van der Waals surface area contributed by atoms with Crippen LogP contribution in [-0.4, -0.2) is 36.2 Å². The summed E-state index contributed by atoms with van der Waals surface area (Å²) in [5.41, 5.74) is 0. The zero-order valence-electron chi connectivity index (χ0n) is 8.06. The second kappa shape index (κ2) is 3.76. The molecule has 82 valence electrons. The fourth-order valence-electron chi connectivity index (χ4n) is 1.44. The van der Waals surface area contributed by atoms with Crippen LogP contribution in [0.2, 0.25) is 0 Å². The Morgan fingerprint density at radius 2 is 2.14 bits per heavy atom. The number of hydrogen-bond acceptors (Lipinski definition) is 2. The van der Waals surface area contributed by atoms with E-state index in [-0.39, 0.29) is 12.6 Å². The van der Waals surface area contributed by atoms with E-state index in [0.29, 0.717) is 0 Å². The van der Waals surface area contributed by atoms with Gasteiger partial charge in [0.2, 0.25) is 5.91 Å². The van der Waals surface area contributed by atoms with Crippen molar-refractivity contribution in [1.29, 1.82) is 0 Å². The second-order valence-corrected chi connectivity index (χ2v) is 3.74. The highest BCUT2D eigenvalue weighted by Crippen LogP contribution is 2.20. The van der Waals surface area contributed by atoms with E-state index in [1.54, 1.807) is 13.8 Å². The molecule has 1 aliphatic rings. The van der Waals surface area contributed by atoms with E-state index in [1.807, 2.05) is 0 Å². The van der Waals surface area contributed by atoms with E-state index in [2.05, 4.69) is 5.32 Å². The number of nitrogens with one attached hydrogen (secondary N) is 1. The highest BCUT2D eigenvalue weighted by molar-refractivity contribution is 5.84. The number of amides is 1. The third-order valence-electron chi connectivity index (χ3n) is 2.12. The molecule has 6 heteroatoms. The lowest BCUT2D eigenvalue weighted by molar-refractivity contribution is -0.158. The molecular formula is C8H13F3N2O. The van der Waals surface area contributed by atoms with E-state index in [9.17, 15) is 18.0 Å². The molecule has 0 aromatic heterocycles. The summed E-state index contributed by atoms with van der Waals surface area (Å²) in [6.45, 7) is 2.42. The van der Waals surface area contributed by atoms with Crippen LogP contribution in [0.25, 0.3) is 0 Å². The topological polar surface area (TPSA) is 32.3 Å². The molecule has 0 spiro atoms. The van der Waals surface area contributed by atoms with Crippen molar-refractivity contribution in [1.82, 2.24) is 10.2 Å². The normalized spacial score (nSPS) is 23.7. The molecule has 1 aliphatic heterocycles. The van der Waals surface area contributed by atoms with Gasteiger partial charge >= 0.3 is 6.18 Å². The molecule has 1 rings (SSSR count). The summed E-state index contributed by atoms with van der Waals surface area (Å²) in [5, 5.41) is 2.75. The van der Waals surface area contributed by atoms with Crippen molar-refractivity contribution in [2.24, 2.45) is 5.92 Å². The highest BCUT2D eigenvalue weighted by Gasteiger charge is 2.39. The third-order valence-corrected chi connectivity index (χ3v) is 2.12. The average molecular weight is 210 g/mol. The van der Waals surface area contributed by atoms with Crippen molar-refractivity contribution in [3.63, 3.8) is 0 Å². The van der Waals surface area contributed by atoms with Gasteiger partial charge in [0.05, 0.1) is 12.7 Å². The molecule has 1 atom stereocenters. The molecule has 0 aliphatic carbocycles. The van der Waals surface area contributed by atoms with Crippen molar-refractivity contribution >= 4 is 5.91 Å². The summed E-state index contributed by atoms with van der Waals surface area (Å²) in [6.07, 6.45) is -4.32. The molecule has 1 saturated heterocycles. The summed E-state index contributed by atoms with van der Waals surface area (Å²) in [7, 11) is 0. The van der Waals surface area contributed by atoms with Crippen molar-refractivity contribution in [3.8, 4) is 0 Å². The van der Waals surface area contributed by atoms with Crippen molar-refractivity contribution in [3.05, 3.63) is 0 Å². The molecule has 14 heavy (non-hydrogen) atoms. The first-order valence-corrected chi connectivity index (χ1v) is 4.40. The van der Waals surface area contributed by atoms with Crippen LogP contribution in [0.5, 0.6) is 0 Å². The molecule has 1 heterocycles. The van der Waals surface area contributed by atoms with Crippen LogP contribution < -0.4 is 5.32 Å². The summed E-state index contributed by atoms with van der Waals surface area (Å²) >= 11 is 0. The van der Waals surface area contributed by atoms with Gasteiger partial charge in [-0.05, 0) is 5.92 Å². The summed E-state index contributed by atoms with van der Waals surface area (Å²) < 4.78 is 36.0. The van der Waals surface area contributed by atoms with Crippen LogP contribution in [0.1, 0.15) is 13.8 Å². The number of hydrogen-bond donors (Lipinski definition) is 1. The van der Waals surface area contributed by atoms with Gasteiger partial charge in [-0.15, -0.1) is 0 Å². The first-order chi connectivity index (χ1) is 6.31. The number of rotatable bonds is 2. The maximum Gasteiger partial charge on any atom is 0.406 e. The van der Waals surface area contributed by atoms with Gasteiger partial charge in [0, 0.05) is 0 Å². The van der Waals surface area contributed by atoms with Gasteiger partial charge in [0.25, 0.3) is 0 Å². The van der Waals surface area contributed by atoms with E-state index in [4.69, 9.17) is 0 Å². The van der Waals surface area contributed by atoms with Gasteiger partial charge < -0.3 is 4.90 Å². The minimum absolute atomic E-state index is 0.0127. The van der Waals surface area contributed by atoms with Gasteiger partial charge in [0.1, 0.15) is 6.54 Å². The zero-order valence-corrected chi connectivity index (χ0v) is 8.06. The monoisotopic (exact) mass is 210 g/mol. The Morgan fingerprint density at radius 1 is 1.57 bits per heavy atom. The zero-order chi connectivity index (χ0) is 10.9. The smallest absolute Gasteiger partial charge is 0.319 e. The molecule has 3 nitrogen and oxygen atoms in total. The van der Waals surface area contributed by atoms with Crippen LogP contribution in [0.3, 0.4) is 0 Å². The predicted octanol–water partition coefficient (Wildman–Crippen LogP) is 0.963. The molecule has 0 bridgehead atoms. The van der Waals surface area contributed by atoms with Crippen LogP contribution >= 0.6 is 0 Å². The van der Waals surface area contributed by atoms with Gasteiger partial charge in [-0.25, -0.2) is 0 Å². The first-order valence-electron chi connectivity index (χ1n) is 4.40. The predicted molar refractivity (Wildman–Crippen MR) is 44.4 cm³/mol. The largest absolute Gasteiger partial charge is 0.406 e. The molecule has 0 aromatic carbocycles. The van der Waals surface area contributed by atoms with Crippen molar-refractivity contribution in [2.45, 2.75) is 26.1 Å². The van der Waals surface area contributed by atoms with E-state index >= 15 is 0 Å². The number of carbonyl (C=O) groups excluding carboxylic acids is 1. The Kier molecular flexibility index (Phi) is 3.04. The Balaban J connectivity index is 2.56. The Hall–Kier alpha value is -0.780. The number of alkyl halides is 3. The van der Waals surface area contributed by atoms with E-state index in [1.165, 1.54) is 0 Å². The number of halogens is 3. The lowest BCUT2D eigenvalue weighted by Crippen LogP contribution is -2.38. The minimum atomic E-state index is -4.32. The SMILES string of the molecule is CC(C)C1NCN(CC(F)(F)F)C1=O. The Labute approximate surface area is 80.3 Å². The molecule has 1 unspecified atom stereocenters. The van der Waals surface area contributed by atoms with Crippen LogP contribution in [-0.2, 0) is 4.79 Å². The highest BCUT2D eigenvalue weighted by atomic mass is 19.4. The minimum Gasteiger partial charge on any atom is -0.319 e. The maximum absolute atomic E-state index is 12.0. The first kappa shape index (κ1) is 11.3. The second-order valence-electron chi connectivity index (χ2n) is 3.74. The molecule has 1 amide bonds. The van der Waals surface area contributed by atoms with Crippen LogP contribution in [0.15, 0.2) is 0 Å². The molecule has 0 saturated carbocycles. The Bertz CT molecular complexity index is 227. The number of carbonyl (C=O) groups is 1. The molecule has 0 radical (unpaired) electrons. The molecular weight excluding hydrogens is 197 g/mol. The summed E-state index contributed by atoms with van der Waals surface area (Å²) in [4.78, 5) is 12.2. The van der Waals surface area contributed by atoms with Gasteiger partial charge in [-0.2, -0.15) is 13.2 Å². The third kappa shape index (κ3) is 2.60. The van der Waals surface area contributed by atoms with Crippen molar-refractivity contribution < 1.29 is 18.0 Å². The van der Waals surface area contributed by atoms with Crippen LogP contribution in [0.4, 0.5) is 13.2 Å². The van der Waals surface area contributed by atoms with Gasteiger partial charge in [-0.1, -0.05) is 13.8 Å². The van der Waals surface area contributed by atoms with Gasteiger partial charge in [-0.3, -0.25) is 10.1 Å². The lowest BCUT2D eigenvalue weighted by Gasteiger charge is -2.18.